The second-order valence-corrected chi connectivity index (χ2v) is 5.90. The van der Waals surface area contributed by atoms with Crippen LogP contribution in [-0.2, 0) is 6.54 Å². The van der Waals surface area contributed by atoms with Gasteiger partial charge >= 0.3 is 5.97 Å². The van der Waals surface area contributed by atoms with Crippen molar-refractivity contribution in [1.82, 2.24) is 9.55 Å². The van der Waals surface area contributed by atoms with Gasteiger partial charge in [0.25, 0.3) is 0 Å². The Hall–Kier alpha value is -1.84. The quantitative estimate of drug-likeness (QED) is 0.918. The van der Waals surface area contributed by atoms with Crippen LogP contribution in [0.3, 0.4) is 0 Å². The van der Waals surface area contributed by atoms with Crippen LogP contribution in [0.4, 0.5) is 0 Å². The molecule has 0 aliphatic heterocycles. The van der Waals surface area contributed by atoms with Crippen molar-refractivity contribution in [1.29, 1.82) is 0 Å². The molecular weight excluding hydrogens is 240 g/mol. The number of carboxylic acids is 1. The first-order valence-corrected chi connectivity index (χ1v) is 6.76. The van der Waals surface area contributed by atoms with Crippen molar-refractivity contribution >= 4 is 17.0 Å². The van der Waals surface area contributed by atoms with Crippen LogP contribution < -0.4 is 0 Å². The van der Waals surface area contributed by atoms with Gasteiger partial charge in [-0.3, -0.25) is 0 Å². The Morgan fingerprint density at radius 3 is 2.84 bits per heavy atom. The van der Waals surface area contributed by atoms with Gasteiger partial charge in [-0.1, -0.05) is 19.8 Å². The van der Waals surface area contributed by atoms with Crippen LogP contribution in [0.1, 0.15) is 43.0 Å². The van der Waals surface area contributed by atoms with E-state index < -0.39 is 5.97 Å². The van der Waals surface area contributed by atoms with Gasteiger partial charge in [0.2, 0.25) is 0 Å². The number of nitrogens with zero attached hydrogens (tertiary/aromatic N) is 2. The van der Waals surface area contributed by atoms with Crippen molar-refractivity contribution in [2.75, 3.05) is 0 Å². The molecule has 2 aromatic rings. The molecule has 0 bridgehead atoms. The average Bonchev–Trinajstić information content (AvgIpc) is 2.97. The number of aromatic nitrogens is 2. The number of hydrogen-bond acceptors (Lipinski definition) is 2. The Bertz CT molecular complexity index is 624. The molecule has 1 aromatic carbocycles. The lowest BCUT2D eigenvalue weighted by atomic mass is 9.89. The van der Waals surface area contributed by atoms with Gasteiger partial charge in [0, 0.05) is 6.54 Å². The zero-order valence-corrected chi connectivity index (χ0v) is 11.1. The highest BCUT2D eigenvalue weighted by Gasteiger charge is 2.29. The number of aromatic carboxylic acids is 1. The van der Waals surface area contributed by atoms with Crippen LogP contribution in [0, 0.1) is 5.41 Å². The van der Waals surface area contributed by atoms with Gasteiger partial charge < -0.3 is 9.67 Å². The monoisotopic (exact) mass is 258 g/mol. The van der Waals surface area contributed by atoms with Gasteiger partial charge in [-0.05, 0) is 36.5 Å². The van der Waals surface area contributed by atoms with Crippen LogP contribution in [0.5, 0.6) is 0 Å². The van der Waals surface area contributed by atoms with Crippen LogP contribution in [-0.4, -0.2) is 20.6 Å². The van der Waals surface area contributed by atoms with Crippen LogP contribution in [0.15, 0.2) is 24.5 Å². The molecule has 0 atom stereocenters. The molecule has 100 valence electrons. The van der Waals surface area contributed by atoms with Crippen LogP contribution >= 0.6 is 0 Å². The average molecular weight is 258 g/mol. The van der Waals surface area contributed by atoms with Gasteiger partial charge in [-0.15, -0.1) is 0 Å². The Labute approximate surface area is 112 Å². The van der Waals surface area contributed by atoms with E-state index in [4.69, 9.17) is 5.11 Å². The Morgan fingerprint density at radius 1 is 1.42 bits per heavy atom. The predicted octanol–water partition coefficient (Wildman–Crippen LogP) is 3.31. The number of hydrogen-bond donors (Lipinski definition) is 1. The van der Waals surface area contributed by atoms with E-state index in [1.54, 1.807) is 12.1 Å². The number of fused-ring (bicyclic) bond motifs is 1. The fraction of sp³-hybridized carbons (Fsp3) is 0.467. The minimum Gasteiger partial charge on any atom is -0.478 e. The lowest BCUT2D eigenvalue weighted by Crippen LogP contribution is -2.18. The van der Waals surface area contributed by atoms with Crippen molar-refractivity contribution in [3.8, 4) is 0 Å². The molecule has 1 aliphatic rings. The smallest absolute Gasteiger partial charge is 0.335 e. The van der Waals surface area contributed by atoms with Gasteiger partial charge in [-0.2, -0.15) is 0 Å². The topological polar surface area (TPSA) is 55.1 Å². The standard InChI is InChI=1S/C15H18N2O2/c1-15(6-2-3-7-15)9-17-10-16-12-8-11(14(18)19)4-5-13(12)17/h4-5,8,10H,2-3,6-7,9H2,1H3,(H,18,19). The first kappa shape index (κ1) is 12.2. The molecule has 19 heavy (non-hydrogen) atoms. The van der Waals surface area contributed by atoms with Crippen molar-refractivity contribution in [3.63, 3.8) is 0 Å². The number of rotatable bonds is 3. The summed E-state index contributed by atoms with van der Waals surface area (Å²) in [6.07, 6.45) is 6.98. The molecule has 1 heterocycles. The van der Waals surface area contributed by atoms with E-state index in [-0.39, 0.29) is 0 Å². The molecule has 1 aromatic heterocycles. The summed E-state index contributed by atoms with van der Waals surface area (Å²) in [7, 11) is 0. The fourth-order valence-corrected chi connectivity index (χ4v) is 3.12. The molecule has 0 radical (unpaired) electrons. The highest BCUT2D eigenvalue weighted by atomic mass is 16.4. The summed E-state index contributed by atoms with van der Waals surface area (Å²) in [4.78, 5) is 15.3. The number of carboxylic acid groups (broad SMARTS) is 1. The molecule has 4 heteroatoms. The molecule has 0 saturated heterocycles. The third-order valence-corrected chi connectivity index (χ3v) is 4.23. The predicted molar refractivity (Wildman–Crippen MR) is 73.3 cm³/mol. The molecule has 1 fully saturated rings. The van der Waals surface area contributed by atoms with E-state index in [0.29, 0.717) is 11.0 Å². The molecular formula is C15H18N2O2. The molecule has 1 aliphatic carbocycles. The molecule has 0 amide bonds. The summed E-state index contributed by atoms with van der Waals surface area (Å²) in [5.74, 6) is -0.904. The van der Waals surface area contributed by atoms with E-state index in [1.807, 2.05) is 12.4 Å². The zero-order chi connectivity index (χ0) is 13.5. The molecule has 3 rings (SSSR count). The second-order valence-electron chi connectivity index (χ2n) is 5.90. The molecule has 1 saturated carbocycles. The minimum atomic E-state index is -0.904. The van der Waals surface area contributed by atoms with E-state index in [2.05, 4.69) is 16.5 Å². The van der Waals surface area contributed by atoms with Crippen LogP contribution in [0.25, 0.3) is 11.0 Å². The second kappa shape index (κ2) is 4.37. The third-order valence-electron chi connectivity index (χ3n) is 4.23. The highest BCUT2D eigenvalue weighted by Crippen LogP contribution is 2.39. The maximum Gasteiger partial charge on any atom is 0.335 e. The summed E-state index contributed by atoms with van der Waals surface area (Å²) in [6.45, 7) is 3.30. The molecule has 0 unspecified atom stereocenters. The first-order chi connectivity index (χ1) is 9.07. The maximum atomic E-state index is 10.9. The van der Waals surface area contributed by atoms with E-state index in [0.717, 1.165) is 17.6 Å². The molecule has 4 nitrogen and oxygen atoms in total. The Kier molecular flexibility index (Phi) is 2.81. The molecule has 1 N–H and O–H groups in total. The first-order valence-electron chi connectivity index (χ1n) is 6.76. The largest absolute Gasteiger partial charge is 0.478 e. The Balaban J connectivity index is 1.94. The fourth-order valence-electron chi connectivity index (χ4n) is 3.12. The van der Waals surface area contributed by atoms with Crippen molar-refractivity contribution in [2.45, 2.75) is 39.2 Å². The summed E-state index contributed by atoms with van der Waals surface area (Å²) < 4.78 is 2.16. The van der Waals surface area contributed by atoms with E-state index in [9.17, 15) is 4.79 Å². The van der Waals surface area contributed by atoms with E-state index in [1.165, 1.54) is 25.7 Å². The Morgan fingerprint density at radius 2 is 2.16 bits per heavy atom. The number of benzene rings is 1. The lowest BCUT2D eigenvalue weighted by Gasteiger charge is -2.24. The summed E-state index contributed by atoms with van der Waals surface area (Å²) in [5.41, 5.74) is 2.45. The minimum absolute atomic E-state index is 0.296. The van der Waals surface area contributed by atoms with Gasteiger partial charge in [0.15, 0.2) is 0 Å². The van der Waals surface area contributed by atoms with Crippen LogP contribution in [0.2, 0.25) is 0 Å². The number of carbonyl (C=O) groups is 1. The van der Waals surface area contributed by atoms with Gasteiger partial charge in [-0.25, -0.2) is 9.78 Å². The maximum absolute atomic E-state index is 10.9. The third kappa shape index (κ3) is 2.23. The zero-order valence-electron chi connectivity index (χ0n) is 11.1. The highest BCUT2D eigenvalue weighted by molar-refractivity contribution is 5.92. The van der Waals surface area contributed by atoms with Gasteiger partial charge in [0.1, 0.15) is 0 Å². The molecule has 0 spiro atoms. The van der Waals surface area contributed by atoms with E-state index >= 15 is 0 Å². The normalized spacial score (nSPS) is 17.9. The SMILES string of the molecule is CC1(Cn2cnc3cc(C(=O)O)ccc32)CCCC1. The summed E-state index contributed by atoms with van der Waals surface area (Å²) >= 11 is 0. The van der Waals surface area contributed by atoms with Crippen molar-refractivity contribution in [3.05, 3.63) is 30.1 Å². The van der Waals surface area contributed by atoms with Crippen molar-refractivity contribution in [2.24, 2.45) is 5.41 Å². The summed E-state index contributed by atoms with van der Waals surface area (Å²) in [5, 5.41) is 8.99. The van der Waals surface area contributed by atoms with Gasteiger partial charge in [0.05, 0.1) is 22.9 Å². The number of imidazole rings is 1. The summed E-state index contributed by atoms with van der Waals surface area (Å²) in [6, 6.07) is 5.16. The lowest BCUT2D eigenvalue weighted by molar-refractivity contribution is 0.0697. The van der Waals surface area contributed by atoms with Crippen molar-refractivity contribution < 1.29 is 9.90 Å².